The Morgan fingerprint density at radius 1 is 1.19 bits per heavy atom. The van der Waals surface area contributed by atoms with Crippen LogP contribution in [0.25, 0.3) is 0 Å². The van der Waals surface area contributed by atoms with Gasteiger partial charge in [0.2, 0.25) is 5.91 Å². The molecule has 1 heterocycles. The fourth-order valence-corrected chi connectivity index (χ4v) is 3.62. The van der Waals surface area contributed by atoms with Gasteiger partial charge in [0.25, 0.3) is 0 Å². The van der Waals surface area contributed by atoms with Crippen LogP contribution in [0, 0.1) is 5.92 Å². The highest BCUT2D eigenvalue weighted by Gasteiger charge is 2.44. The molecule has 1 aromatic carbocycles. The fourth-order valence-electron chi connectivity index (χ4n) is 3.62. The largest absolute Gasteiger partial charge is 0.481 e. The Hall–Kier alpha value is -2.25. The minimum atomic E-state index is -1.02. The molecule has 1 unspecified atom stereocenters. The Kier molecular flexibility index (Phi) is 7.94. The third-order valence-corrected chi connectivity index (χ3v) is 5.09. The van der Waals surface area contributed by atoms with Gasteiger partial charge in [-0.05, 0) is 31.4 Å². The number of rotatable bonds is 11. The number of benzene rings is 1. The first-order valence-corrected chi connectivity index (χ1v) is 9.48. The SMILES string of the molecule is NCCCCCC(=O)C(N)[C@@H]1C[C@@H](CC(=O)O)C(=O)N1Cc1ccccc1. The van der Waals surface area contributed by atoms with E-state index >= 15 is 0 Å². The van der Waals surface area contributed by atoms with Crippen molar-refractivity contribution in [1.29, 1.82) is 0 Å². The topological polar surface area (TPSA) is 127 Å². The molecule has 0 bridgehead atoms. The zero-order chi connectivity index (χ0) is 19.8. The molecule has 1 fully saturated rings. The minimum Gasteiger partial charge on any atom is -0.481 e. The van der Waals surface area contributed by atoms with Gasteiger partial charge < -0.3 is 21.5 Å². The Labute approximate surface area is 159 Å². The molecule has 1 aromatic rings. The number of likely N-dealkylation sites (tertiary alicyclic amines) is 1. The van der Waals surface area contributed by atoms with E-state index in [4.69, 9.17) is 16.6 Å². The van der Waals surface area contributed by atoms with Crippen molar-refractivity contribution in [2.24, 2.45) is 17.4 Å². The summed E-state index contributed by atoms with van der Waals surface area (Å²) < 4.78 is 0. The van der Waals surface area contributed by atoms with Crippen LogP contribution in [0.2, 0.25) is 0 Å². The second-order valence-electron chi connectivity index (χ2n) is 7.14. The summed E-state index contributed by atoms with van der Waals surface area (Å²) in [5, 5.41) is 9.09. The summed E-state index contributed by atoms with van der Waals surface area (Å²) in [4.78, 5) is 38.0. The highest BCUT2D eigenvalue weighted by Crippen LogP contribution is 2.31. The van der Waals surface area contributed by atoms with Crippen LogP contribution in [0.3, 0.4) is 0 Å². The van der Waals surface area contributed by atoms with Crippen molar-refractivity contribution in [1.82, 2.24) is 4.90 Å². The second kappa shape index (κ2) is 10.2. The van der Waals surface area contributed by atoms with Crippen LogP contribution < -0.4 is 11.5 Å². The first kappa shape index (κ1) is 21.1. The molecule has 148 valence electrons. The predicted octanol–water partition coefficient (Wildman–Crippen LogP) is 1.29. The first-order chi connectivity index (χ1) is 12.9. The number of carboxylic acids is 1. The number of carboxylic acid groups (broad SMARTS) is 1. The number of unbranched alkanes of at least 4 members (excludes halogenated alkanes) is 2. The highest BCUT2D eigenvalue weighted by molar-refractivity contribution is 5.89. The zero-order valence-corrected chi connectivity index (χ0v) is 15.5. The molecule has 1 aliphatic heterocycles. The van der Waals surface area contributed by atoms with Gasteiger partial charge in [0.1, 0.15) is 0 Å². The maximum atomic E-state index is 12.8. The van der Waals surface area contributed by atoms with Crippen LogP contribution in [0.5, 0.6) is 0 Å². The van der Waals surface area contributed by atoms with Crippen LogP contribution >= 0.6 is 0 Å². The van der Waals surface area contributed by atoms with Crippen LogP contribution in [0.1, 0.15) is 44.1 Å². The Bertz CT molecular complexity index is 650. The number of nitrogens with two attached hydrogens (primary N) is 2. The van der Waals surface area contributed by atoms with Gasteiger partial charge in [0, 0.05) is 13.0 Å². The molecule has 1 aliphatic rings. The molecular formula is C20H29N3O4. The first-order valence-electron chi connectivity index (χ1n) is 9.48. The van der Waals surface area contributed by atoms with Crippen molar-refractivity contribution >= 4 is 17.7 Å². The van der Waals surface area contributed by atoms with E-state index in [0.29, 0.717) is 25.9 Å². The normalized spacial score (nSPS) is 20.7. The highest BCUT2D eigenvalue weighted by atomic mass is 16.4. The van der Waals surface area contributed by atoms with Crippen molar-refractivity contribution < 1.29 is 19.5 Å². The molecule has 1 amide bonds. The molecule has 7 heteroatoms. The second-order valence-corrected chi connectivity index (χ2v) is 7.14. The number of carbonyl (C=O) groups excluding carboxylic acids is 2. The van der Waals surface area contributed by atoms with E-state index in [9.17, 15) is 14.4 Å². The lowest BCUT2D eigenvalue weighted by molar-refractivity contribution is -0.142. The maximum absolute atomic E-state index is 12.8. The molecule has 0 aromatic heterocycles. The van der Waals surface area contributed by atoms with Crippen LogP contribution in [-0.4, -0.2) is 46.3 Å². The quantitative estimate of drug-likeness (QED) is 0.500. The molecule has 5 N–H and O–H groups in total. The fraction of sp³-hybridized carbons (Fsp3) is 0.550. The van der Waals surface area contributed by atoms with Crippen molar-refractivity contribution in [2.75, 3.05) is 6.54 Å². The van der Waals surface area contributed by atoms with Crippen molar-refractivity contribution in [3.05, 3.63) is 35.9 Å². The third-order valence-electron chi connectivity index (χ3n) is 5.09. The summed E-state index contributed by atoms with van der Waals surface area (Å²) in [5.74, 6) is -1.97. The van der Waals surface area contributed by atoms with E-state index in [0.717, 1.165) is 24.8 Å². The monoisotopic (exact) mass is 375 g/mol. The summed E-state index contributed by atoms with van der Waals surface area (Å²) >= 11 is 0. The van der Waals surface area contributed by atoms with Crippen LogP contribution in [0.15, 0.2) is 30.3 Å². The lowest BCUT2D eigenvalue weighted by Gasteiger charge is -2.29. The van der Waals surface area contributed by atoms with Gasteiger partial charge in [0.15, 0.2) is 5.78 Å². The van der Waals surface area contributed by atoms with E-state index in [1.807, 2.05) is 30.3 Å². The standard InChI is InChI=1S/C20H29N3O4/c21-10-6-2-5-9-17(24)19(22)16-11-15(12-18(25)26)20(27)23(16)13-14-7-3-1-4-8-14/h1,3-4,7-8,15-16,19H,2,5-6,9-13,21-22H2,(H,25,26)/t15-,16-,19?/m0/s1. The number of amides is 1. The Morgan fingerprint density at radius 2 is 1.89 bits per heavy atom. The molecule has 2 rings (SSSR count). The number of carbonyl (C=O) groups is 3. The van der Waals surface area contributed by atoms with Gasteiger partial charge in [-0.2, -0.15) is 0 Å². The van der Waals surface area contributed by atoms with Crippen molar-refractivity contribution in [3.63, 3.8) is 0 Å². The number of Topliss-reactive ketones (excluding diaryl/α,β-unsaturated/α-hetero) is 1. The number of nitrogens with zero attached hydrogens (tertiary/aromatic N) is 1. The molecule has 1 saturated heterocycles. The molecule has 3 atom stereocenters. The molecule has 7 nitrogen and oxygen atoms in total. The summed E-state index contributed by atoms with van der Waals surface area (Å²) in [6.45, 7) is 0.924. The molecule has 27 heavy (non-hydrogen) atoms. The summed E-state index contributed by atoms with van der Waals surface area (Å²) in [5.41, 5.74) is 12.6. The molecule has 0 spiro atoms. The van der Waals surface area contributed by atoms with Gasteiger partial charge in [-0.25, -0.2) is 0 Å². The maximum Gasteiger partial charge on any atom is 0.304 e. The summed E-state index contributed by atoms with van der Waals surface area (Å²) in [6, 6.07) is 8.17. The van der Waals surface area contributed by atoms with E-state index < -0.39 is 24.0 Å². The summed E-state index contributed by atoms with van der Waals surface area (Å²) in [7, 11) is 0. The average Bonchev–Trinajstić information content (AvgIpc) is 2.94. The minimum absolute atomic E-state index is 0.0844. The van der Waals surface area contributed by atoms with Gasteiger partial charge in [-0.3, -0.25) is 14.4 Å². The number of hydrogen-bond donors (Lipinski definition) is 3. The van der Waals surface area contributed by atoms with E-state index in [1.165, 1.54) is 0 Å². The van der Waals surface area contributed by atoms with Crippen molar-refractivity contribution in [2.45, 2.75) is 57.2 Å². The number of hydrogen-bond acceptors (Lipinski definition) is 5. The van der Waals surface area contributed by atoms with E-state index in [1.54, 1.807) is 4.90 Å². The van der Waals surface area contributed by atoms with Gasteiger partial charge >= 0.3 is 5.97 Å². The van der Waals surface area contributed by atoms with E-state index in [2.05, 4.69) is 0 Å². The summed E-state index contributed by atoms with van der Waals surface area (Å²) in [6.07, 6.45) is 2.88. The smallest absolute Gasteiger partial charge is 0.304 e. The van der Waals surface area contributed by atoms with E-state index in [-0.39, 0.29) is 18.1 Å². The third kappa shape index (κ3) is 5.87. The molecular weight excluding hydrogens is 346 g/mol. The molecule has 0 aliphatic carbocycles. The van der Waals surface area contributed by atoms with Gasteiger partial charge in [-0.15, -0.1) is 0 Å². The number of ketones is 1. The molecule has 0 saturated carbocycles. The average molecular weight is 375 g/mol. The number of aliphatic carboxylic acids is 1. The Balaban J connectivity index is 2.10. The predicted molar refractivity (Wildman–Crippen MR) is 102 cm³/mol. The van der Waals surface area contributed by atoms with Crippen LogP contribution in [-0.2, 0) is 20.9 Å². The lowest BCUT2D eigenvalue weighted by atomic mass is 9.94. The van der Waals surface area contributed by atoms with Gasteiger partial charge in [0.05, 0.1) is 24.4 Å². The Morgan fingerprint density at radius 3 is 2.52 bits per heavy atom. The van der Waals surface area contributed by atoms with Crippen molar-refractivity contribution in [3.8, 4) is 0 Å². The van der Waals surface area contributed by atoms with Crippen LogP contribution in [0.4, 0.5) is 0 Å². The zero-order valence-electron chi connectivity index (χ0n) is 15.5. The molecule has 0 radical (unpaired) electrons. The lowest BCUT2D eigenvalue weighted by Crippen LogP contribution is -2.49. The van der Waals surface area contributed by atoms with Gasteiger partial charge in [-0.1, -0.05) is 36.8 Å².